The van der Waals surface area contributed by atoms with Crippen LogP contribution < -0.4 is 16.0 Å². The van der Waals surface area contributed by atoms with Crippen LogP contribution in [-0.2, 0) is 4.79 Å². The van der Waals surface area contributed by atoms with Crippen molar-refractivity contribution in [3.8, 4) is 6.07 Å². The molecule has 0 aliphatic carbocycles. The maximum atomic E-state index is 12.5. The Hall–Kier alpha value is -2.32. The first-order chi connectivity index (χ1) is 12.0. The molecule has 2 rings (SSSR count). The number of benzene rings is 1. The molecule has 1 heterocycles. The first-order valence-electron chi connectivity index (χ1n) is 9.06. The zero-order chi connectivity index (χ0) is 19.5. The molecular formula is C21H30N4O. The zero-order valence-electron chi connectivity index (χ0n) is 16.7. The Balaban J connectivity index is 2.09. The van der Waals surface area contributed by atoms with Crippen LogP contribution in [0.4, 0.5) is 5.69 Å². The maximum absolute atomic E-state index is 12.5. The Morgan fingerprint density at radius 3 is 2.42 bits per heavy atom. The molecule has 0 saturated carbocycles. The number of carbonyl (C=O) groups excluding carboxylic acids is 1. The average molecular weight is 354 g/mol. The van der Waals surface area contributed by atoms with Gasteiger partial charge in [-0.2, -0.15) is 5.26 Å². The Morgan fingerprint density at radius 2 is 1.85 bits per heavy atom. The van der Waals surface area contributed by atoms with Crippen molar-refractivity contribution >= 4 is 11.6 Å². The maximum Gasteiger partial charge on any atom is 0.267 e. The Bertz CT molecular complexity index is 740. The molecule has 1 fully saturated rings. The number of piperidine rings is 1. The van der Waals surface area contributed by atoms with Crippen LogP contribution >= 0.6 is 0 Å². The summed E-state index contributed by atoms with van der Waals surface area (Å²) in [6.45, 7) is 12.6. The minimum atomic E-state index is -0.388. The van der Waals surface area contributed by atoms with Crippen LogP contribution in [0.2, 0.25) is 0 Å². The highest BCUT2D eigenvalue weighted by atomic mass is 16.1. The fraction of sp³-hybridized carbons (Fsp3) is 0.524. The van der Waals surface area contributed by atoms with Crippen molar-refractivity contribution in [2.45, 2.75) is 71.5 Å². The topological polar surface area (TPSA) is 77.0 Å². The van der Waals surface area contributed by atoms with Gasteiger partial charge in [-0.1, -0.05) is 12.1 Å². The van der Waals surface area contributed by atoms with E-state index in [0.29, 0.717) is 0 Å². The molecule has 1 amide bonds. The van der Waals surface area contributed by atoms with Gasteiger partial charge in [0.1, 0.15) is 11.6 Å². The van der Waals surface area contributed by atoms with E-state index in [1.54, 1.807) is 6.20 Å². The lowest BCUT2D eigenvalue weighted by Gasteiger charge is -2.46. The van der Waals surface area contributed by atoms with E-state index in [2.05, 4.69) is 43.6 Å². The van der Waals surface area contributed by atoms with E-state index in [1.165, 1.54) is 0 Å². The lowest BCUT2D eigenvalue weighted by atomic mass is 9.80. The second-order valence-corrected chi connectivity index (χ2v) is 8.54. The summed E-state index contributed by atoms with van der Waals surface area (Å²) in [5, 5.41) is 19.2. The van der Waals surface area contributed by atoms with E-state index >= 15 is 0 Å². The van der Waals surface area contributed by atoms with Gasteiger partial charge < -0.3 is 16.0 Å². The summed E-state index contributed by atoms with van der Waals surface area (Å²) in [5.74, 6) is -0.388. The average Bonchev–Trinajstić information content (AvgIpc) is 2.49. The predicted molar refractivity (Wildman–Crippen MR) is 106 cm³/mol. The summed E-state index contributed by atoms with van der Waals surface area (Å²) >= 11 is 0. The number of amides is 1. The van der Waals surface area contributed by atoms with Crippen molar-refractivity contribution in [3.05, 3.63) is 41.1 Å². The highest BCUT2D eigenvalue weighted by molar-refractivity contribution is 6.06. The van der Waals surface area contributed by atoms with E-state index < -0.39 is 0 Å². The first-order valence-corrected chi connectivity index (χ1v) is 9.06. The summed E-state index contributed by atoms with van der Waals surface area (Å²) in [5.41, 5.74) is 2.93. The van der Waals surface area contributed by atoms with Crippen LogP contribution in [0, 0.1) is 25.2 Å². The van der Waals surface area contributed by atoms with Gasteiger partial charge in [0.15, 0.2) is 0 Å². The van der Waals surface area contributed by atoms with Gasteiger partial charge in [-0.05, 0) is 71.6 Å². The van der Waals surface area contributed by atoms with Crippen molar-refractivity contribution in [2.75, 3.05) is 5.32 Å². The fourth-order valence-electron chi connectivity index (χ4n) is 3.87. The Morgan fingerprint density at radius 1 is 1.23 bits per heavy atom. The van der Waals surface area contributed by atoms with Crippen molar-refractivity contribution < 1.29 is 4.79 Å². The summed E-state index contributed by atoms with van der Waals surface area (Å²) in [6, 6.07) is 7.95. The highest BCUT2D eigenvalue weighted by Gasteiger charge is 2.37. The van der Waals surface area contributed by atoms with Gasteiger partial charge in [-0.3, -0.25) is 4.79 Å². The normalized spacial score (nSPS) is 19.5. The summed E-state index contributed by atoms with van der Waals surface area (Å²) in [7, 11) is 0. The second-order valence-electron chi connectivity index (χ2n) is 8.54. The molecule has 3 N–H and O–H groups in total. The lowest BCUT2D eigenvalue weighted by Crippen LogP contribution is -2.61. The molecule has 1 aromatic carbocycles. The predicted octanol–water partition coefficient (Wildman–Crippen LogP) is 3.55. The number of nitriles is 1. The van der Waals surface area contributed by atoms with Crippen molar-refractivity contribution in [2.24, 2.45) is 0 Å². The number of anilines is 1. The quantitative estimate of drug-likeness (QED) is 0.571. The van der Waals surface area contributed by atoms with Gasteiger partial charge in [0.05, 0.1) is 0 Å². The fourth-order valence-corrected chi connectivity index (χ4v) is 3.87. The smallest absolute Gasteiger partial charge is 0.267 e. The molecule has 1 aromatic rings. The largest absolute Gasteiger partial charge is 0.387 e. The van der Waals surface area contributed by atoms with Gasteiger partial charge in [0.25, 0.3) is 5.91 Å². The van der Waals surface area contributed by atoms with Gasteiger partial charge >= 0.3 is 0 Å². The summed E-state index contributed by atoms with van der Waals surface area (Å²) in [4.78, 5) is 12.5. The van der Waals surface area contributed by atoms with Crippen LogP contribution in [0.25, 0.3) is 0 Å². The molecule has 1 aliphatic rings. The van der Waals surface area contributed by atoms with E-state index in [9.17, 15) is 10.1 Å². The van der Waals surface area contributed by atoms with Crippen LogP contribution in [0.15, 0.2) is 30.0 Å². The number of nitrogens with one attached hydrogen (secondary N) is 3. The molecule has 0 aromatic heterocycles. The number of nitrogens with zero attached hydrogens (tertiary/aromatic N) is 1. The molecule has 1 aliphatic heterocycles. The third-order valence-electron chi connectivity index (χ3n) is 4.87. The van der Waals surface area contributed by atoms with Crippen LogP contribution in [0.5, 0.6) is 0 Å². The van der Waals surface area contributed by atoms with E-state index in [1.807, 2.05) is 38.1 Å². The molecule has 5 heteroatoms. The Labute approximate surface area is 156 Å². The van der Waals surface area contributed by atoms with E-state index in [-0.39, 0.29) is 28.6 Å². The number of rotatable bonds is 4. The minimum Gasteiger partial charge on any atom is -0.387 e. The van der Waals surface area contributed by atoms with Gasteiger partial charge in [0.2, 0.25) is 0 Å². The zero-order valence-corrected chi connectivity index (χ0v) is 16.7. The summed E-state index contributed by atoms with van der Waals surface area (Å²) in [6.07, 6.45) is 3.40. The molecule has 140 valence electrons. The van der Waals surface area contributed by atoms with Crippen molar-refractivity contribution in [1.82, 2.24) is 10.6 Å². The monoisotopic (exact) mass is 354 g/mol. The van der Waals surface area contributed by atoms with E-state index in [0.717, 1.165) is 29.7 Å². The standard InChI is InChI=1S/C21H30N4O/c1-14-8-7-9-18(15(14)2)24-19(26)16(12-22)13-23-17-10-20(3,4)25-21(5,6)11-17/h7-9,13,17,23,25H,10-11H2,1-6H3,(H,24,26)/b16-13-. The van der Waals surface area contributed by atoms with E-state index in [4.69, 9.17) is 0 Å². The molecule has 26 heavy (non-hydrogen) atoms. The minimum absolute atomic E-state index is 0.000992. The lowest BCUT2D eigenvalue weighted by molar-refractivity contribution is -0.112. The van der Waals surface area contributed by atoms with Gasteiger partial charge in [0, 0.05) is 29.0 Å². The molecule has 5 nitrogen and oxygen atoms in total. The molecule has 0 atom stereocenters. The van der Waals surface area contributed by atoms with Crippen LogP contribution in [-0.4, -0.2) is 23.0 Å². The number of carbonyl (C=O) groups is 1. The molecule has 0 unspecified atom stereocenters. The third kappa shape index (κ3) is 5.09. The van der Waals surface area contributed by atoms with Gasteiger partial charge in [-0.15, -0.1) is 0 Å². The first kappa shape index (κ1) is 20.0. The number of hydrogen-bond donors (Lipinski definition) is 3. The van der Waals surface area contributed by atoms with Crippen LogP contribution in [0.3, 0.4) is 0 Å². The molecule has 0 bridgehead atoms. The van der Waals surface area contributed by atoms with Gasteiger partial charge in [-0.25, -0.2) is 0 Å². The second kappa shape index (κ2) is 7.51. The molecule has 0 radical (unpaired) electrons. The van der Waals surface area contributed by atoms with Crippen LogP contribution in [0.1, 0.15) is 51.7 Å². The molecular weight excluding hydrogens is 324 g/mol. The molecule has 1 saturated heterocycles. The number of aryl methyl sites for hydroxylation is 1. The van der Waals surface area contributed by atoms with Crippen molar-refractivity contribution in [3.63, 3.8) is 0 Å². The Kier molecular flexibility index (Phi) is 5.77. The molecule has 0 spiro atoms. The van der Waals surface area contributed by atoms with Crippen molar-refractivity contribution in [1.29, 1.82) is 5.26 Å². The number of hydrogen-bond acceptors (Lipinski definition) is 4. The third-order valence-corrected chi connectivity index (χ3v) is 4.87. The summed E-state index contributed by atoms with van der Waals surface area (Å²) < 4.78 is 0. The highest BCUT2D eigenvalue weighted by Crippen LogP contribution is 2.28. The SMILES string of the molecule is Cc1cccc(NC(=O)/C(C#N)=C\NC2CC(C)(C)NC(C)(C)C2)c1C.